The van der Waals surface area contributed by atoms with Crippen LogP contribution >= 0.6 is 11.3 Å². The molecule has 1 fully saturated rings. The van der Waals surface area contributed by atoms with E-state index in [1.165, 1.54) is 5.01 Å². The first-order valence-electron chi connectivity index (χ1n) is 7.68. The van der Waals surface area contributed by atoms with Crippen molar-refractivity contribution in [1.82, 2.24) is 10.4 Å². The van der Waals surface area contributed by atoms with E-state index < -0.39 is 0 Å². The smallest absolute Gasteiger partial charge is 0.289 e. The number of amides is 1. The summed E-state index contributed by atoms with van der Waals surface area (Å²) in [6, 6.07) is 15.1. The zero-order valence-corrected chi connectivity index (χ0v) is 14.3. The summed E-state index contributed by atoms with van der Waals surface area (Å²) in [6.07, 6.45) is 0. The number of hydrogen-bond donors (Lipinski definition) is 2. The lowest BCUT2D eigenvalue weighted by atomic mass is 10.3. The van der Waals surface area contributed by atoms with Gasteiger partial charge in [0, 0.05) is 0 Å². The molecule has 7 heteroatoms. The van der Waals surface area contributed by atoms with Gasteiger partial charge in [0.05, 0.1) is 32.3 Å². The summed E-state index contributed by atoms with van der Waals surface area (Å²) in [4.78, 5) is 17.0. The summed E-state index contributed by atoms with van der Waals surface area (Å²) in [5.74, 6) is -0.251. The Morgan fingerprint density at radius 1 is 1.24 bits per heavy atom. The van der Waals surface area contributed by atoms with Crippen molar-refractivity contribution in [2.24, 2.45) is 5.10 Å². The number of rotatable bonds is 3. The quantitative estimate of drug-likeness (QED) is 0.711. The average molecular weight is 349 g/mol. The highest BCUT2D eigenvalue weighted by Crippen LogP contribution is 2.25. The molecule has 1 aliphatic heterocycles. The highest BCUT2D eigenvalue weighted by atomic mass is 32.1. The highest BCUT2D eigenvalue weighted by molar-refractivity contribution is 7.18. The molecule has 3 aromatic rings. The van der Waals surface area contributed by atoms with Crippen molar-refractivity contribution in [2.75, 3.05) is 10.4 Å². The molecule has 124 valence electrons. The predicted molar refractivity (Wildman–Crippen MR) is 102 cm³/mol. The van der Waals surface area contributed by atoms with Gasteiger partial charge in [0.15, 0.2) is 5.71 Å². The Morgan fingerprint density at radius 3 is 2.84 bits per heavy atom. The molecule has 0 saturated carbocycles. The Bertz CT molecular complexity index is 1010. The van der Waals surface area contributed by atoms with Crippen molar-refractivity contribution in [3.05, 3.63) is 65.8 Å². The van der Waals surface area contributed by atoms with Gasteiger partial charge in [-0.05, 0) is 37.3 Å². The van der Waals surface area contributed by atoms with E-state index in [0.29, 0.717) is 5.70 Å². The maximum Gasteiger partial charge on any atom is 0.299 e. The molecular weight excluding hydrogens is 334 g/mol. The number of hydrogen-bond acceptors (Lipinski definition) is 6. The van der Waals surface area contributed by atoms with Crippen molar-refractivity contribution in [2.45, 2.75) is 6.92 Å². The molecule has 25 heavy (non-hydrogen) atoms. The monoisotopic (exact) mass is 349 g/mol. The van der Waals surface area contributed by atoms with Crippen LogP contribution in [0.4, 0.5) is 11.4 Å². The van der Waals surface area contributed by atoms with Gasteiger partial charge in [-0.3, -0.25) is 15.6 Å². The van der Waals surface area contributed by atoms with Gasteiger partial charge < -0.3 is 0 Å². The Kier molecular flexibility index (Phi) is 3.70. The molecule has 4 rings (SSSR count). The fourth-order valence-electron chi connectivity index (χ4n) is 2.58. The first-order valence-corrected chi connectivity index (χ1v) is 8.50. The van der Waals surface area contributed by atoms with Gasteiger partial charge in [0.1, 0.15) is 0 Å². The number of hydrazone groups is 1. The number of anilines is 2. The van der Waals surface area contributed by atoms with Gasteiger partial charge in [-0.2, -0.15) is 5.10 Å². The van der Waals surface area contributed by atoms with Crippen LogP contribution in [0.25, 0.3) is 10.2 Å². The number of aryl methyl sites for hydroxylation is 1. The molecule has 0 bridgehead atoms. The Morgan fingerprint density at radius 2 is 2.04 bits per heavy atom. The summed E-state index contributed by atoms with van der Waals surface area (Å²) in [6.45, 7) is 5.85. The SMILES string of the molecule is C=C1NN(c2ccccc2)C(=O)/C1=N\Nc1ccc2nc(C)sc2c1. The van der Waals surface area contributed by atoms with Crippen molar-refractivity contribution in [1.29, 1.82) is 0 Å². The largest absolute Gasteiger partial charge is 0.299 e. The summed E-state index contributed by atoms with van der Waals surface area (Å²) in [5.41, 5.74) is 9.09. The maximum absolute atomic E-state index is 12.6. The van der Waals surface area contributed by atoms with Crippen LogP contribution in [0, 0.1) is 6.92 Å². The van der Waals surface area contributed by atoms with Gasteiger partial charge in [-0.1, -0.05) is 24.8 Å². The standard InChI is InChI=1S/C18H15N5OS/c1-11-17(18(24)23(22-11)14-6-4-3-5-7-14)21-20-13-8-9-15-16(10-13)25-12(2)19-15/h3-10,20,22H,1H2,2H3/b21-17-. The number of benzene rings is 2. The highest BCUT2D eigenvalue weighted by Gasteiger charge is 2.32. The summed E-state index contributed by atoms with van der Waals surface area (Å²) in [7, 11) is 0. The van der Waals surface area contributed by atoms with Crippen LogP contribution in [0.15, 0.2) is 65.9 Å². The van der Waals surface area contributed by atoms with E-state index in [1.54, 1.807) is 11.3 Å². The number of carbonyl (C=O) groups is 1. The van der Waals surface area contributed by atoms with E-state index >= 15 is 0 Å². The van der Waals surface area contributed by atoms with Crippen molar-refractivity contribution >= 4 is 44.5 Å². The van der Waals surface area contributed by atoms with E-state index in [-0.39, 0.29) is 11.6 Å². The molecule has 0 aliphatic carbocycles. The molecule has 2 N–H and O–H groups in total. The van der Waals surface area contributed by atoms with Crippen LogP contribution in [0.5, 0.6) is 0 Å². The zero-order valence-electron chi connectivity index (χ0n) is 13.5. The number of aromatic nitrogens is 1. The number of fused-ring (bicyclic) bond motifs is 1. The van der Waals surface area contributed by atoms with Crippen LogP contribution in [-0.4, -0.2) is 16.6 Å². The summed E-state index contributed by atoms with van der Waals surface area (Å²) < 4.78 is 1.07. The number of para-hydroxylation sites is 1. The first kappa shape index (κ1) is 15.3. The van der Waals surface area contributed by atoms with Gasteiger partial charge >= 0.3 is 0 Å². The molecule has 6 nitrogen and oxygen atoms in total. The fraction of sp³-hybridized carbons (Fsp3) is 0.0556. The zero-order chi connectivity index (χ0) is 17.4. The van der Waals surface area contributed by atoms with Crippen molar-refractivity contribution in [3.8, 4) is 0 Å². The third kappa shape index (κ3) is 2.85. The van der Waals surface area contributed by atoms with E-state index in [0.717, 1.165) is 26.6 Å². The Labute approximate surface area is 148 Å². The lowest BCUT2D eigenvalue weighted by Gasteiger charge is -2.14. The van der Waals surface area contributed by atoms with E-state index in [1.807, 2.05) is 55.5 Å². The third-order valence-electron chi connectivity index (χ3n) is 3.74. The minimum Gasteiger partial charge on any atom is -0.289 e. The lowest BCUT2D eigenvalue weighted by Crippen LogP contribution is -2.34. The number of nitrogens with one attached hydrogen (secondary N) is 2. The maximum atomic E-state index is 12.6. The number of hydrazine groups is 1. The van der Waals surface area contributed by atoms with E-state index in [9.17, 15) is 4.79 Å². The second kappa shape index (κ2) is 6.03. The minimum atomic E-state index is -0.251. The lowest BCUT2D eigenvalue weighted by molar-refractivity contribution is -0.112. The molecule has 1 aliphatic rings. The topological polar surface area (TPSA) is 69.6 Å². The van der Waals surface area contributed by atoms with Crippen LogP contribution in [-0.2, 0) is 4.79 Å². The molecule has 2 aromatic carbocycles. The van der Waals surface area contributed by atoms with Crippen molar-refractivity contribution < 1.29 is 4.79 Å². The second-order valence-corrected chi connectivity index (χ2v) is 6.79. The van der Waals surface area contributed by atoms with Gasteiger partial charge in [0.25, 0.3) is 5.91 Å². The fourth-order valence-corrected chi connectivity index (χ4v) is 3.44. The van der Waals surface area contributed by atoms with Gasteiger partial charge in [-0.25, -0.2) is 9.99 Å². The van der Waals surface area contributed by atoms with Crippen LogP contribution < -0.4 is 15.9 Å². The normalized spacial score (nSPS) is 15.9. The summed E-state index contributed by atoms with van der Waals surface area (Å²) >= 11 is 1.62. The van der Waals surface area contributed by atoms with E-state index in [2.05, 4.69) is 27.5 Å². The average Bonchev–Trinajstić information content (AvgIpc) is 3.12. The van der Waals surface area contributed by atoms with Gasteiger partial charge in [0.2, 0.25) is 0 Å². The molecule has 0 radical (unpaired) electrons. The Balaban J connectivity index is 1.57. The molecular formula is C18H15N5OS. The van der Waals surface area contributed by atoms with Crippen LogP contribution in [0.2, 0.25) is 0 Å². The predicted octanol–water partition coefficient (Wildman–Crippen LogP) is 3.44. The Hall–Kier alpha value is -3.19. The van der Waals surface area contributed by atoms with Crippen LogP contribution in [0.3, 0.4) is 0 Å². The molecule has 1 aromatic heterocycles. The summed E-state index contributed by atoms with van der Waals surface area (Å²) in [5, 5.41) is 6.69. The molecule has 2 heterocycles. The molecule has 0 atom stereocenters. The minimum absolute atomic E-state index is 0.251. The molecule has 0 spiro atoms. The number of nitrogens with zero attached hydrogens (tertiary/aromatic N) is 3. The van der Waals surface area contributed by atoms with Gasteiger partial charge in [-0.15, -0.1) is 11.3 Å². The second-order valence-electron chi connectivity index (χ2n) is 5.55. The molecule has 1 amide bonds. The van der Waals surface area contributed by atoms with Crippen LogP contribution in [0.1, 0.15) is 5.01 Å². The third-order valence-corrected chi connectivity index (χ3v) is 4.68. The van der Waals surface area contributed by atoms with Crippen molar-refractivity contribution in [3.63, 3.8) is 0 Å². The van der Waals surface area contributed by atoms with E-state index in [4.69, 9.17) is 0 Å². The number of thiazole rings is 1. The number of carbonyl (C=O) groups excluding carboxylic acids is 1. The molecule has 1 saturated heterocycles. The molecule has 0 unspecified atom stereocenters. The first-order chi connectivity index (χ1) is 12.1.